The average molecular weight is 462 g/mol. The first-order chi connectivity index (χ1) is 11.4. The van der Waals surface area contributed by atoms with Gasteiger partial charge in [-0.1, -0.05) is 26.0 Å². The zero-order valence-corrected chi connectivity index (χ0v) is 18.2. The van der Waals surface area contributed by atoms with E-state index in [0.29, 0.717) is 25.0 Å². The Labute approximate surface area is 168 Å². The number of halogens is 1. The second-order valence-corrected chi connectivity index (χ2v) is 5.98. The molecule has 25 heavy (non-hydrogen) atoms. The molecule has 6 nitrogen and oxygen atoms in total. The minimum absolute atomic E-state index is 0. The Hall–Kier alpha value is -1.51. The van der Waals surface area contributed by atoms with Crippen molar-refractivity contribution in [2.45, 2.75) is 26.7 Å². The van der Waals surface area contributed by atoms with E-state index in [4.69, 9.17) is 4.74 Å². The lowest BCUT2D eigenvalue weighted by Crippen LogP contribution is -2.40. The van der Waals surface area contributed by atoms with E-state index >= 15 is 0 Å². The van der Waals surface area contributed by atoms with Crippen LogP contribution in [-0.2, 0) is 4.79 Å². The van der Waals surface area contributed by atoms with Crippen LogP contribution in [-0.4, -0.2) is 57.1 Å². The molecule has 1 aromatic rings. The van der Waals surface area contributed by atoms with Crippen LogP contribution in [0.5, 0.6) is 5.75 Å². The van der Waals surface area contributed by atoms with Gasteiger partial charge in [-0.25, -0.2) is 4.99 Å². The summed E-state index contributed by atoms with van der Waals surface area (Å²) in [5, 5.41) is 6.27. The van der Waals surface area contributed by atoms with E-state index in [2.05, 4.69) is 41.6 Å². The molecule has 0 aromatic heterocycles. The molecule has 0 spiro atoms. The molecule has 0 aliphatic carbocycles. The fraction of sp³-hybridized carbons (Fsp3) is 0.556. The van der Waals surface area contributed by atoms with E-state index in [1.54, 1.807) is 14.1 Å². The Balaban J connectivity index is 0.00000576. The SMILES string of the molecule is CCNC(=NCC(=O)N(C)C)NCCOc1ccc(C(C)C)cc1.I. The number of hydrogen-bond donors (Lipinski definition) is 2. The summed E-state index contributed by atoms with van der Waals surface area (Å²) in [7, 11) is 3.44. The average Bonchev–Trinajstić information content (AvgIpc) is 2.56. The molecule has 0 unspecified atom stereocenters. The summed E-state index contributed by atoms with van der Waals surface area (Å²) in [6.07, 6.45) is 0. The van der Waals surface area contributed by atoms with Crippen molar-refractivity contribution < 1.29 is 9.53 Å². The fourth-order valence-corrected chi connectivity index (χ4v) is 1.92. The third-order valence-corrected chi connectivity index (χ3v) is 3.43. The number of benzene rings is 1. The van der Waals surface area contributed by atoms with Crippen LogP contribution in [0.3, 0.4) is 0 Å². The normalized spacial score (nSPS) is 10.9. The van der Waals surface area contributed by atoms with Crippen molar-refractivity contribution in [3.8, 4) is 5.75 Å². The molecule has 0 saturated carbocycles. The van der Waals surface area contributed by atoms with E-state index in [1.807, 2.05) is 19.1 Å². The van der Waals surface area contributed by atoms with Crippen LogP contribution in [0.2, 0.25) is 0 Å². The van der Waals surface area contributed by atoms with Crippen molar-refractivity contribution in [2.75, 3.05) is 40.3 Å². The molecule has 142 valence electrons. The molecule has 0 bridgehead atoms. The Kier molecular flexibility index (Phi) is 12.0. The third kappa shape index (κ3) is 9.52. The molecule has 0 aliphatic rings. The first kappa shape index (κ1) is 23.5. The smallest absolute Gasteiger partial charge is 0.243 e. The van der Waals surface area contributed by atoms with Crippen molar-refractivity contribution in [2.24, 2.45) is 4.99 Å². The first-order valence-corrected chi connectivity index (χ1v) is 8.39. The van der Waals surface area contributed by atoms with E-state index < -0.39 is 0 Å². The largest absolute Gasteiger partial charge is 0.492 e. The van der Waals surface area contributed by atoms with Crippen LogP contribution in [0.15, 0.2) is 29.3 Å². The maximum atomic E-state index is 11.6. The highest BCUT2D eigenvalue weighted by Gasteiger charge is 2.04. The highest BCUT2D eigenvalue weighted by atomic mass is 127. The number of hydrogen-bond acceptors (Lipinski definition) is 3. The van der Waals surface area contributed by atoms with Crippen LogP contribution in [0, 0.1) is 0 Å². The Morgan fingerprint density at radius 3 is 2.36 bits per heavy atom. The van der Waals surface area contributed by atoms with Gasteiger partial charge in [0.25, 0.3) is 0 Å². The molecular weight excluding hydrogens is 431 g/mol. The molecule has 0 aliphatic heterocycles. The fourth-order valence-electron chi connectivity index (χ4n) is 1.92. The second kappa shape index (κ2) is 12.8. The van der Waals surface area contributed by atoms with Gasteiger partial charge in [0.2, 0.25) is 5.91 Å². The van der Waals surface area contributed by atoms with Crippen molar-refractivity contribution in [3.63, 3.8) is 0 Å². The summed E-state index contributed by atoms with van der Waals surface area (Å²) in [5.74, 6) is 1.95. The second-order valence-electron chi connectivity index (χ2n) is 5.98. The molecular formula is C18H31IN4O2. The molecule has 0 fully saturated rings. The number of nitrogens with one attached hydrogen (secondary N) is 2. The van der Waals surface area contributed by atoms with Gasteiger partial charge < -0.3 is 20.3 Å². The minimum atomic E-state index is -0.0336. The number of amides is 1. The lowest BCUT2D eigenvalue weighted by molar-refractivity contribution is -0.127. The summed E-state index contributed by atoms with van der Waals surface area (Å²) in [6.45, 7) is 8.31. The van der Waals surface area contributed by atoms with Crippen LogP contribution >= 0.6 is 24.0 Å². The highest BCUT2D eigenvalue weighted by Crippen LogP contribution is 2.18. The third-order valence-electron chi connectivity index (χ3n) is 3.43. The first-order valence-electron chi connectivity index (χ1n) is 8.39. The van der Waals surface area contributed by atoms with Crippen molar-refractivity contribution in [3.05, 3.63) is 29.8 Å². The van der Waals surface area contributed by atoms with Gasteiger partial charge in [0.15, 0.2) is 5.96 Å². The summed E-state index contributed by atoms with van der Waals surface area (Å²) >= 11 is 0. The molecule has 1 amide bonds. The number of carbonyl (C=O) groups is 1. The highest BCUT2D eigenvalue weighted by molar-refractivity contribution is 14.0. The Bertz CT molecular complexity index is 530. The number of carbonyl (C=O) groups excluding carboxylic acids is 1. The molecule has 0 atom stereocenters. The molecule has 1 aromatic carbocycles. The van der Waals surface area contributed by atoms with Gasteiger partial charge in [-0.3, -0.25) is 4.79 Å². The van der Waals surface area contributed by atoms with Gasteiger partial charge in [-0.2, -0.15) is 0 Å². The number of nitrogens with zero attached hydrogens (tertiary/aromatic N) is 2. The minimum Gasteiger partial charge on any atom is -0.492 e. The Morgan fingerprint density at radius 2 is 1.84 bits per heavy atom. The van der Waals surface area contributed by atoms with Gasteiger partial charge >= 0.3 is 0 Å². The summed E-state index contributed by atoms with van der Waals surface area (Å²) in [5.41, 5.74) is 1.30. The quantitative estimate of drug-likeness (QED) is 0.270. The number of guanidine groups is 1. The maximum absolute atomic E-state index is 11.6. The van der Waals surface area contributed by atoms with Crippen LogP contribution < -0.4 is 15.4 Å². The van der Waals surface area contributed by atoms with Crippen LogP contribution in [0.1, 0.15) is 32.3 Å². The summed E-state index contributed by atoms with van der Waals surface area (Å²) in [4.78, 5) is 17.4. The summed E-state index contributed by atoms with van der Waals surface area (Å²) in [6, 6.07) is 8.16. The zero-order chi connectivity index (χ0) is 17.9. The number of rotatable bonds is 8. The standard InChI is InChI=1S/C18H30N4O2.HI/c1-6-19-18(21-13-17(23)22(4)5)20-11-12-24-16-9-7-15(8-10-16)14(2)3;/h7-10,14H,6,11-13H2,1-5H3,(H2,19,20,21);1H. The molecule has 1 rings (SSSR count). The number of likely N-dealkylation sites (N-methyl/N-ethyl adjacent to an activating group) is 1. The molecule has 7 heteroatoms. The van der Waals surface area contributed by atoms with Gasteiger partial charge in [0, 0.05) is 20.6 Å². The van der Waals surface area contributed by atoms with Crippen molar-refractivity contribution >= 4 is 35.8 Å². The van der Waals surface area contributed by atoms with Gasteiger partial charge in [-0.15, -0.1) is 24.0 Å². The summed E-state index contributed by atoms with van der Waals surface area (Å²) < 4.78 is 5.71. The number of ether oxygens (including phenoxy) is 1. The molecule has 0 heterocycles. The molecule has 0 saturated heterocycles. The van der Waals surface area contributed by atoms with Gasteiger partial charge in [0.1, 0.15) is 18.9 Å². The predicted octanol–water partition coefficient (Wildman–Crippen LogP) is 2.45. The van der Waals surface area contributed by atoms with Crippen molar-refractivity contribution in [1.82, 2.24) is 15.5 Å². The van der Waals surface area contributed by atoms with Crippen LogP contribution in [0.4, 0.5) is 0 Å². The lowest BCUT2D eigenvalue weighted by atomic mass is 10.0. The van der Waals surface area contributed by atoms with Gasteiger partial charge in [0.05, 0.1) is 6.54 Å². The van der Waals surface area contributed by atoms with E-state index in [1.165, 1.54) is 10.5 Å². The predicted molar refractivity (Wildman–Crippen MR) is 114 cm³/mol. The van der Waals surface area contributed by atoms with E-state index in [0.717, 1.165) is 12.3 Å². The molecule has 2 N–H and O–H groups in total. The van der Waals surface area contributed by atoms with Crippen molar-refractivity contribution in [1.29, 1.82) is 0 Å². The zero-order valence-electron chi connectivity index (χ0n) is 15.8. The van der Waals surface area contributed by atoms with Gasteiger partial charge in [-0.05, 0) is 30.5 Å². The lowest BCUT2D eigenvalue weighted by Gasteiger charge is -2.13. The monoisotopic (exact) mass is 462 g/mol. The van der Waals surface area contributed by atoms with E-state index in [9.17, 15) is 4.79 Å². The maximum Gasteiger partial charge on any atom is 0.243 e. The topological polar surface area (TPSA) is 66.0 Å². The Morgan fingerprint density at radius 1 is 1.20 bits per heavy atom. The van der Waals surface area contributed by atoms with E-state index in [-0.39, 0.29) is 36.4 Å². The number of aliphatic imine (C=N–C) groups is 1. The van der Waals surface area contributed by atoms with Crippen LogP contribution in [0.25, 0.3) is 0 Å². The molecule has 0 radical (unpaired) electrons.